The molecule has 19 heavy (non-hydrogen) atoms. The van der Waals surface area contributed by atoms with E-state index in [0.717, 1.165) is 5.56 Å². The lowest BCUT2D eigenvalue weighted by molar-refractivity contribution is -0.384. The molecule has 0 unspecified atom stereocenters. The Labute approximate surface area is 109 Å². The Hall–Kier alpha value is -2.76. The predicted molar refractivity (Wildman–Crippen MR) is 69.7 cm³/mol. The van der Waals surface area contributed by atoms with E-state index in [1.807, 2.05) is 0 Å². The van der Waals surface area contributed by atoms with Gasteiger partial charge >= 0.3 is 0 Å². The van der Waals surface area contributed by atoms with E-state index in [1.54, 1.807) is 36.7 Å². The van der Waals surface area contributed by atoms with Crippen LogP contribution >= 0.6 is 0 Å². The zero-order valence-corrected chi connectivity index (χ0v) is 9.95. The summed E-state index contributed by atoms with van der Waals surface area (Å²) >= 11 is 0. The van der Waals surface area contributed by atoms with Crippen LogP contribution in [0.4, 0.5) is 11.4 Å². The van der Waals surface area contributed by atoms with Crippen LogP contribution in [0.3, 0.4) is 0 Å². The molecule has 1 heterocycles. The van der Waals surface area contributed by atoms with Crippen LogP contribution in [-0.4, -0.2) is 15.8 Å². The minimum absolute atomic E-state index is 0.0123. The molecule has 0 radical (unpaired) electrons. The average molecular weight is 257 g/mol. The fraction of sp³-hybridized carbons (Fsp3) is 0.0769. The SMILES string of the molecule is O=C(Cc1ccc([N+](=O)[O-])cc1)Nc1ccncc1. The number of carbonyl (C=O) groups is 1. The van der Waals surface area contributed by atoms with Crippen LogP contribution in [0.1, 0.15) is 5.56 Å². The number of nitro groups is 1. The van der Waals surface area contributed by atoms with E-state index < -0.39 is 4.92 Å². The number of carbonyl (C=O) groups excluding carboxylic acids is 1. The molecule has 0 aliphatic carbocycles. The number of benzene rings is 1. The van der Waals surface area contributed by atoms with Crippen LogP contribution in [0.2, 0.25) is 0 Å². The number of amides is 1. The first-order valence-electron chi connectivity index (χ1n) is 5.58. The molecule has 6 nitrogen and oxygen atoms in total. The molecule has 0 aliphatic heterocycles. The lowest BCUT2D eigenvalue weighted by Gasteiger charge is -2.04. The molecule has 0 fully saturated rings. The van der Waals surface area contributed by atoms with E-state index in [4.69, 9.17) is 0 Å². The average Bonchev–Trinajstić information content (AvgIpc) is 2.40. The van der Waals surface area contributed by atoms with Crippen molar-refractivity contribution in [2.45, 2.75) is 6.42 Å². The van der Waals surface area contributed by atoms with Gasteiger partial charge in [-0.3, -0.25) is 19.9 Å². The smallest absolute Gasteiger partial charge is 0.269 e. The summed E-state index contributed by atoms with van der Waals surface area (Å²) in [5, 5.41) is 13.2. The number of pyridine rings is 1. The number of rotatable bonds is 4. The lowest BCUT2D eigenvalue weighted by Crippen LogP contribution is -2.14. The van der Waals surface area contributed by atoms with Gasteiger partial charge in [-0.1, -0.05) is 12.1 Å². The number of hydrogen-bond acceptors (Lipinski definition) is 4. The molecule has 1 aromatic heterocycles. The summed E-state index contributed by atoms with van der Waals surface area (Å²) in [7, 11) is 0. The van der Waals surface area contributed by atoms with Crippen molar-refractivity contribution in [2.24, 2.45) is 0 Å². The number of nitrogens with one attached hydrogen (secondary N) is 1. The number of nitro benzene ring substituents is 1. The Morgan fingerprint density at radius 1 is 1.16 bits per heavy atom. The molecule has 0 spiro atoms. The van der Waals surface area contributed by atoms with E-state index in [1.165, 1.54) is 12.1 Å². The lowest BCUT2D eigenvalue weighted by atomic mass is 10.1. The normalized spacial score (nSPS) is 9.89. The van der Waals surface area contributed by atoms with E-state index >= 15 is 0 Å². The molecule has 0 saturated carbocycles. The third kappa shape index (κ3) is 3.60. The fourth-order valence-corrected chi connectivity index (χ4v) is 1.56. The summed E-state index contributed by atoms with van der Waals surface area (Å²) in [6.07, 6.45) is 3.34. The van der Waals surface area contributed by atoms with Crippen LogP contribution in [0, 0.1) is 10.1 Å². The maximum absolute atomic E-state index is 11.7. The molecular weight excluding hydrogens is 246 g/mol. The molecule has 2 aromatic rings. The van der Waals surface area contributed by atoms with Crippen LogP contribution in [-0.2, 0) is 11.2 Å². The van der Waals surface area contributed by atoms with Gasteiger partial charge in [0.05, 0.1) is 11.3 Å². The summed E-state index contributed by atoms with van der Waals surface area (Å²) in [4.78, 5) is 25.6. The van der Waals surface area contributed by atoms with Crippen LogP contribution in [0.25, 0.3) is 0 Å². The van der Waals surface area contributed by atoms with Gasteiger partial charge in [-0.05, 0) is 17.7 Å². The molecule has 6 heteroatoms. The quantitative estimate of drug-likeness (QED) is 0.671. The standard InChI is InChI=1S/C13H11N3O3/c17-13(15-11-5-7-14-8-6-11)9-10-1-3-12(4-2-10)16(18)19/h1-8H,9H2,(H,14,15,17). The van der Waals surface area contributed by atoms with E-state index in [9.17, 15) is 14.9 Å². The first-order chi connectivity index (χ1) is 9.15. The molecule has 0 bridgehead atoms. The summed E-state index contributed by atoms with van der Waals surface area (Å²) < 4.78 is 0. The molecule has 1 aromatic carbocycles. The van der Waals surface area contributed by atoms with Crippen molar-refractivity contribution in [3.05, 3.63) is 64.5 Å². The number of anilines is 1. The first-order valence-corrected chi connectivity index (χ1v) is 5.58. The third-order valence-electron chi connectivity index (χ3n) is 2.48. The number of hydrogen-bond donors (Lipinski definition) is 1. The predicted octanol–water partition coefficient (Wildman–Crippen LogP) is 2.17. The molecule has 0 aliphatic rings. The zero-order chi connectivity index (χ0) is 13.7. The van der Waals surface area contributed by atoms with Crippen molar-refractivity contribution in [1.29, 1.82) is 0 Å². The van der Waals surface area contributed by atoms with Gasteiger partial charge in [0.2, 0.25) is 5.91 Å². The van der Waals surface area contributed by atoms with Crippen molar-refractivity contribution < 1.29 is 9.72 Å². The van der Waals surface area contributed by atoms with Gasteiger partial charge in [0.25, 0.3) is 5.69 Å². The highest BCUT2D eigenvalue weighted by Crippen LogP contribution is 2.13. The molecule has 1 amide bonds. The number of non-ortho nitro benzene ring substituents is 1. The second-order valence-electron chi connectivity index (χ2n) is 3.88. The Morgan fingerprint density at radius 2 is 1.79 bits per heavy atom. The van der Waals surface area contributed by atoms with Crippen LogP contribution in [0.15, 0.2) is 48.8 Å². The van der Waals surface area contributed by atoms with Crippen molar-refractivity contribution >= 4 is 17.3 Å². The maximum atomic E-state index is 11.7. The molecule has 0 saturated heterocycles. The molecule has 2 rings (SSSR count). The van der Waals surface area contributed by atoms with E-state index in [-0.39, 0.29) is 18.0 Å². The number of nitrogens with zero attached hydrogens (tertiary/aromatic N) is 2. The topological polar surface area (TPSA) is 85.1 Å². The maximum Gasteiger partial charge on any atom is 0.269 e. The Kier molecular flexibility index (Phi) is 3.82. The molecule has 0 atom stereocenters. The first kappa shape index (κ1) is 12.7. The Morgan fingerprint density at radius 3 is 2.37 bits per heavy atom. The number of aromatic nitrogens is 1. The molecule has 1 N–H and O–H groups in total. The van der Waals surface area contributed by atoms with Gasteiger partial charge in [-0.15, -0.1) is 0 Å². The van der Waals surface area contributed by atoms with Gasteiger partial charge in [0.15, 0.2) is 0 Å². The van der Waals surface area contributed by atoms with E-state index in [0.29, 0.717) is 5.69 Å². The van der Waals surface area contributed by atoms with Crippen molar-refractivity contribution in [3.8, 4) is 0 Å². The van der Waals surface area contributed by atoms with Gasteiger partial charge in [-0.25, -0.2) is 0 Å². The third-order valence-corrected chi connectivity index (χ3v) is 2.48. The van der Waals surface area contributed by atoms with Gasteiger partial charge in [0, 0.05) is 30.2 Å². The monoisotopic (exact) mass is 257 g/mol. The molecule has 96 valence electrons. The van der Waals surface area contributed by atoms with Crippen molar-refractivity contribution in [1.82, 2.24) is 4.98 Å². The Bertz CT molecular complexity index is 582. The zero-order valence-electron chi connectivity index (χ0n) is 9.95. The van der Waals surface area contributed by atoms with Crippen molar-refractivity contribution in [2.75, 3.05) is 5.32 Å². The summed E-state index contributed by atoms with van der Waals surface area (Å²) in [5.41, 5.74) is 1.40. The highest BCUT2D eigenvalue weighted by atomic mass is 16.6. The minimum Gasteiger partial charge on any atom is -0.326 e. The summed E-state index contributed by atoms with van der Waals surface area (Å²) in [6.45, 7) is 0. The highest BCUT2D eigenvalue weighted by molar-refractivity contribution is 5.92. The van der Waals surface area contributed by atoms with Gasteiger partial charge < -0.3 is 5.32 Å². The summed E-state index contributed by atoms with van der Waals surface area (Å²) in [5.74, 6) is -0.181. The Balaban J connectivity index is 1.97. The second-order valence-corrected chi connectivity index (χ2v) is 3.88. The largest absolute Gasteiger partial charge is 0.326 e. The van der Waals surface area contributed by atoms with Crippen molar-refractivity contribution in [3.63, 3.8) is 0 Å². The fourth-order valence-electron chi connectivity index (χ4n) is 1.56. The highest BCUT2D eigenvalue weighted by Gasteiger charge is 2.07. The van der Waals surface area contributed by atoms with Crippen LogP contribution in [0.5, 0.6) is 0 Å². The second kappa shape index (κ2) is 5.72. The summed E-state index contributed by atoms with van der Waals surface area (Å²) in [6, 6.07) is 9.29. The van der Waals surface area contributed by atoms with Crippen LogP contribution < -0.4 is 5.32 Å². The van der Waals surface area contributed by atoms with E-state index in [2.05, 4.69) is 10.3 Å². The van der Waals surface area contributed by atoms with Gasteiger partial charge in [-0.2, -0.15) is 0 Å². The molecular formula is C13H11N3O3. The van der Waals surface area contributed by atoms with Gasteiger partial charge in [0.1, 0.15) is 0 Å². The minimum atomic E-state index is -0.471.